The third kappa shape index (κ3) is 6.24. The summed E-state index contributed by atoms with van der Waals surface area (Å²) in [5, 5.41) is 14.7. The van der Waals surface area contributed by atoms with E-state index in [1.807, 2.05) is 30.3 Å². The highest BCUT2D eigenvalue weighted by Gasteiger charge is 2.03. The van der Waals surface area contributed by atoms with Crippen LogP contribution in [-0.4, -0.2) is 22.6 Å². The molecule has 6 heteroatoms. The Morgan fingerprint density at radius 3 is 2.43 bits per heavy atom. The summed E-state index contributed by atoms with van der Waals surface area (Å²) in [5.41, 5.74) is 1.20. The molecule has 0 aliphatic rings. The summed E-state index contributed by atoms with van der Waals surface area (Å²) in [7, 11) is 0. The Morgan fingerprint density at radius 2 is 1.78 bits per heavy atom. The summed E-state index contributed by atoms with van der Waals surface area (Å²) in [6.45, 7) is 2.80. The van der Waals surface area contributed by atoms with Gasteiger partial charge in [-0.3, -0.25) is 4.79 Å². The summed E-state index contributed by atoms with van der Waals surface area (Å²) in [4.78, 5) is 11.6. The first-order chi connectivity index (χ1) is 11.2. The molecule has 0 saturated carbocycles. The van der Waals surface area contributed by atoms with Gasteiger partial charge in [0.2, 0.25) is 5.91 Å². The summed E-state index contributed by atoms with van der Waals surface area (Å²) in [5.74, 6) is 1.14. The SMILES string of the molecule is CCCCC(=O)Nc1ccc(NCCc2ccc(Cl)cc2)nn1. The number of anilines is 2. The Balaban J connectivity index is 1.76. The van der Waals surface area contributed by atoms with Gasteiger partial charge in [0.25, 0.3) is 0 Å². The summed E-state index contributed by atoms with van der Waals surface area (Å²) < 4.78 is 0. The normalized spacial score (nSPS) is 10.3. The lowest BCUT2D eigenvalue weighted by Crippen LogP contribution is -2.13. The largest absolute Gasteiger partial charge is 0.368 e. The topological polar surface area (TPSA) is 66.9 Å². The summed E-state index contributed by atoms with van der Waals surface area (Å²) >= 11 is 5.86. The van der Waals surface area contributed by atoms with Gasteiger partial charge in [0, 0.05) is 18.0 Å². The first kappa shape index (κ1) is 17.2. The predicted molar refractivity (Wildman–Crippen MR) is 93.8 cm³/mol. The minimum Gasteiger partial charge on any atom is -0.368 e. The van der Waals surface area contributed by atoms with E-state index in [0.29, 0.717) is 18.1 Å². The molecule has 1 amide bonds. The Hall–Kier alpha value is -2.14. The van der Waals surface area contributed by atoms with Crippen molar-refractivity contribution in [1.82, 2.24) is 10.2 Å². The maximum Gasteiger partial charge on any atom is 0.225 e. The number of benzene rings is 1. The van der Waals surface area contributed by atoms with E-state index >= 15 is 0 Å². The number of unbranched alkanes of at least 4 members (excludes halogenated alkanes) is 1. The molecule has 1 heterocycles. The molecule has 0 radical (unpaired) electrons. The lowest BCUT2D eigenvalue weighted by molar-refractivity contribution is -0.116. The first-order valence-electron chi connectivity index (χ1n) is 7.79. The van der Waals surface area contributed by atoms with Gasteiger partial charge in [0.1, 0.15) is 5.82 Å². The molecule has 1 aromatic heterocycles. The van der Waals surface area contributed by atoms with Crippen LogP contribution < -0.4 is 10.6 Å². The van der Waals surface area contributed by atoms with E-state index in [4.69, 9.17) is 11.6 Å². The molecule has 1 aromatic carbocycles. The van der Waals surface area contributed by atoms with Gasteiger partial charge in [-0.25, -0.2) is 0 Å². The van der Waals surface area contributed by atoms with E-state index < -0.39 is 0 Å². The van der Waals surface area contributed by atoms with Crippen LogP contribution in [0.15, 0.2) is 36.4 Å². The summed E-state index contributed by atoms with van der Waals surface area (Å²) in [6.07, 6.45) is 3.26. The van der Waals surface area contributed by atoms with Gasteiger partial charge < -0.3 is 10.6 Å². The zero-order valence-electron chi connectivity index (χ0n) is 13.2. The predicted octanol–water partition coefficient (Wildman–Crippen LogP) is 3.91. The Labute approximate surface area is 141 Å². The van der Waals surface area contributed by atoms with Crippen molar-refractivity contribution >= 4 is 29.1 Å². The molecular formula is C17H21ClN4O. The number of hydrogen-bond acceptors (Lipinski definition) is 4. The minimum atomic E-state index is -0.0235. The quantitative estimate of drug-likeness (QED) is 0.769. The molecule has 0 spiro atoms. The zero-order chi connectivity index (χ0) is 16.5. The zero-order valence-corrected chi connectivity index (χ0v) is 13.9. The molecule has 0 bridgehead atoms. The molecule has 2 rings (SSSR count). The standard InChI is InChI=1S/C17H21ClN4O/c1-2-3-4-17(23)20-16-10-9-15(21-22-16)19-12-11-13-5-7-14(18)8-6-13/h5-10H,2-4,11-12H2,1H3,(H,19,21)(H,20,22,23). The lowest BCUT2D eigenvalue weighted by Gasteiger charge is -2.07. The Kier molecular flexibility index (Phi) is 6.81. The molecule has 0 atom stereocenters. The average molecular weight is 333 g/mol. The van der Waals surface area contributed by atoms with Crippen molar-refractivity contribution in [3.8, 4) is 0 Å². The maximum atomic E-state index is 11.6. The van der Waals surface area contributed by atoms with E-state index in [0.717, 1.165) is 30.8 Å². The van der Waals surface area contributed by atoms with Crippen LogP contribution >= 0.6 is 11.6 Å². The second-order valence-corrected chi connectivity index (χ2v) is 5.70. The first-order valence-corrected chi connectivity index (χ1v) is 8.17. The van der Waals surface area contributed by atoms with Crippen LogP contribution in [0.3, 0.4) is 0 Å². The van der Waals surface area contributed by atoms with Gasteiger partial charge in [0.05, 0.1) is 0 Å². The number of amides is 1. The number of aromatic nitrogens is 2. The fourth-order valence-corrected chi connectivity index (χ4v) is 2.15. The fourth-order valence-electron chi connectivity index (χ4n) is 2.02. The van der Waals surface area contributed by atoms with Gasteiger partial charge in [-0.15, -0.1) is 10.2 Å². The van der Waals surface area contributed by atoms with Crippen LogP contribution in [-0.2, 0) is 11.2 Å². The maximum absolute atomic E-state index is 11.6. The number of halogens is 1. The van der Waals surface area contributed by atoms with Crippen molar-refractivity contribution in [3.63, 3.8) is 0 Å². The molecule has 0 fully saturated rings. The Morgan fingerprint density at radius 1 is 1.09 bits per heavy atom. The number of carbonyl (C=O) groups is 1. The van der Waals surface area contributed by atoms with Gasteiger partial charge >= 0.3 is 0 Å². The van der Waals surface area contributed by atoms with Gasteiger partial charge in [-0.1, -0.05) is 37.1 Å². The van der Waals surface area contributed by atoms with Crippen LogP contribution in [0.1, 0.15) is 31.7 Å². The fraction of sp³-hybridized carbons (Fsp3) is 0.353. The van der Waals surface area contributed by atoms with Crippen molar-refractivity contribution in [2.24, 2.45) is 0 Å². The van der Waals surface area contributed by atoms with E-state index in [1.165, 1.54) is 5.56 Å². The van der Waals surface area contributed by atoms with Crippen LogP contribution in [0, 0.1) is 0 Å². The molecule has 0 unspecified atom stereocenters. The monoisotopic (exact) mass is 332 g/mol. The van der Waals surface area contributed by atoms with Crippen molar-refractivity contribution in [1.29, 1.82) is 0 Å². The number of rotatable bonds is 8. The van der Waals surface area contributed by atoms with Gasteiger partial charge in [-0.2, -0.15) is 0 Å². The van der Waals surface area contributed by atoms with Gasteiger partial charge in [0.15, 0.2) is 5.82 Å². The second kappa shape index (κ2) is 9.10. The third-order valence-electron chi connectivity index (χ3n) is 3.32. The molecule has 5 nitrogen and oxygen atoms in total. The van der Waals surface area contributed by atoms with Crippen molar-refractivity contribution in [2.45, 2.75) is 32.6 Å². The van der Waals surface area contributed by atoms with Gasteiger partial charge in [-0.05, 0) is 42.7 Å². The highest BCUT2D eigenvalue weighted by Crippen LogP contribution is 2.11. The molecule has 23 heavy (non-hydrogen) atoms. The Bertz CT molecular complexity index is 613. The highest BCUT2D eigenvalue weighted by molar-refractivity contribution is 6.30. The third-order valence-corrected chi connectivity index (χ3v) is 3.57. The van der Waals surface area contributed by atoms with Crippen LogP contribution in [0.25, 0.3) is 0 Å². The van der Waals surface area contributed by atoms with Crippen LogP contribution in [0.4, 0.5) is 11.6 Å². The summed E-state index contributed by atoms with van der Waals surface area (Å²) in [6, 6.07) is 11.3. The lowest BCUT2D eigenvalue weighted by atomic mass is 10.1. The highest BCUT2D eigenvalue weighted by atomic mass is 35.5. The number of hydrogen-bond donors (Lipinski definition) is 2. The van der Waals surface area contributed by atoms with Crippen molar-refractivity contribution < 1.29 is 4.79 Å². The molecular weight excluding hydrogens is 312 g/mol. The second-order valence-electron chi connectivity index (χ2n) is 5.26. The number of nitrogens with zero attached hydrogens (tertiary/aromatic N) is 2. The molecule has 0 aliphatic heterocycles. The molecule has 0 aliphatic carbocycles. The van der Waals surface area contributed by atoms with E-state index in [2.05, 4.69) is 27.8 Å². The molecule has 0 saturated heterocycles. The average Bonchev–Trinajstić information content (AvgIpc) is 2.56. The van der Waals surface area contributed by atoms with Crippen molar-refractivity contribution in [3.05, 3.63) is 47.0 Å². The molecule has 2 N–H and O–H groups in total. The van der Waals surface area contributed by atoms with Crippen LogP contribution in [0.2, 0.25) is 5.02 Å². The van der Waals surface area contributed by atoms with E-state index in [9.17, 15) is 4.79 Å². The smallest absolute Gasteiger partial charge is 0.225 e. The van der Waals surface area contributed by atoms with Crippen LogP contribution in [0.5, 0.6) is 0 Å². The number of nitrogens with one attached hydrogen (secondary N) is 2. The molecule has 2 aromatic rings. The molecule has 122 valence electrons. The minimum absolute atomic E-state index is 0.0235. The number of carbonyl (C=O) groups excluding carboxylic acids is 1. The van der Waals surface area contributed by atoms with Crippen molar-refractivity contribution in [2.75, 3.05) is 17.2 Å². The van der Waals surface area contributed by atoms with E-state index in [-0.39, 0.29) is 5.91 Å². The van der Waals surface area contributed by atoms with E-state index in [1.54, 1.807) is 6.07 Å².